The highest BCUT2D eigenvalue weighted by atomic mass is 19.1. The zero-order chi connectivity index (χ0) is 15.5. The molecule has 5 nitrogen and oxygen atoms in total. The van der Waals surface area contributed by atoms with E-state index in [4.69, 9.17) is 0 Å². The predicted molar refractivity (Wildman–Crippen MR) is 77.4 cm³/mol. The molecule has 0 unspecified atom stereocenters. The van der Waals surface area contributed by atoms with Gasteiger partial charge in [-0.1, -0.05) is 12.8 Å². The zero-order valence-corrected chi connectivity index (χ0v) is 11.9. The van der Waals surface area contributed by atoms with Gasteiger partial charge in [0.15, 0.2) is 0 Å². The summed E-state index contributed by atoms with van der Waals surface area (Å²) in [5, 5.41) is 15.1. The van der Waals surface area contributed by atoms with E-state index in [1.54, 1.807) is 0 Å². The maximum absolute atomic E-state index is 13.7. The quantitative estimate of drug-likeness (QED) is 0.798. The predicted octanol–water partition coefficient (Wildman–Crippen LogP) is 2.42. The maximum Gasteiger partial charge on any atom is 0.227 e. The molecule has 3 N–H and O–H groups in total. The standard InChI is InChI=1S/C15H19FN2O3/c1-10(19)17-11-4-5-12(16)13(8-11)18-14(20)9-15(21)6-2-3-7-15/h4-5,8,21H,2-3,6-7,9H2,1H3,(H,17,19)(H,18,20). The molecule has 1 aromatic carbocycles. The molecule has 0 aliphatic heterocycles. The third kappa shape index (κ3) is 4.26. The molecule has 0 heterocycles. The van der Waals surface area contributed by atoms with Crippen molar-refractivity contribution in [1.29, 1.82) is 0 Å². The summed E-state index contributed by atoms with van der Waals surface area (Å²) >= 11 is 0. The molecular formula is C15H19FN2O3. The molecule has 1 aliphatic carbocycles. The Morgan fingerprint density at radius 3 is 2.57 bits per heavy atom. The highest BCUT2D eigenvalue weighted by Gasteiger charge is 2.33. The Hall–Kier alpha value is -1.95. The van der Waals surface area contributed by atoms with E-state index in [-0.39, 0.29) is 18.0 Å². The van der Waals surface area contributed by atoms with Gasteiger partial charge in [-0.2, -0.15) is 0 Å². The van der Waals surface area contributed by atoms with E-state index in [0.717, 1.165) is 12.8 Å². The Bertz CT molecular complexity index is 554. The van der Waals surface area contributed by atoms with Crippen LogP contribution in [0.4, 0.5) is 15.8 Å². The van der Waals surface area contributed by atoms with Gasteiger partial charge in [-0.05, 0) is 31.0 Å². The number of hydrogen-bond donors (Lipinski definition) is 3. The van der Waals surface area contributed by atoms with E-state index < -0.39 is 17.3 Å². The Morgan fingerprint density at radius 2 is 1.95 bits per heavy atom. The Balaban J connectivity index is 2.04. The van der Waals surface area contributed by atoms with Crippen LogP contribution in [-0.2, 0) is 9.59 Å². The van der Waals surface area contributed by atoms with Gasteiger partial charge in [0.2, 0.25) is 11.8 Å². The number of rotatable bonds is 4. The SMILES string of the molecule is CC(=O)Nc1ccc(F)c(NC(=O)CC2(O)CCCC2)c1. The lowest BCUT2D eigenvalue weighted by atomic mass is 9.97. The molecule has 0 atom stereocenters. The number of carbonyl (C=O) groups is 2. The van der Waals surface area contributed by atoms with Crippen molar-refractivity contribution in [3.8, 4) is 0 Å². The van der Waals surface area contributed by atoms with Crippen molar-refractivity contribution in [2.45, 2.75) is 44.6 Å². The molecule has 0 aromatic heterocycles. The smallest absolute Gasteiger partial charge is 0.227 e. The summed E-state index contributed by atoms with van der Waals surface area (Å²) in [5.74, 6) is -1.30. The largest absolute Gasteiger partial charge is 0.389 e. The molecule has 21 heavy (non-hydrogen) atoms. The van der Waals surface area contributed by atoms with Crippen molar-refractivity contribution in [2.75, 3.05) is 10.6 Å². The van der Waals surface area contributed by atoms with Crippen LogP contribution in [0.25, 0.3) is 0 Å². The van der Waals surface area contributed by atoms with Gasteiger partial charge in [-0.25, -0.2) is 4.39 Å². The topological polar surface area (TPSA) is 78.4 Å². The Labute approximate surface area is 122 Å². The number of carbonyl (C=O) groups excluding carboxylic acids is 2. The normalized spacial score (nSPS) is 16.5. The van der Waals surface area contributed by atoms with Gasteiger partial charge in [0.1, 0.15) is 5.82 Å². The average Bonchev–Trinajstić information content (AvgIpc) is 2.79. The molecule has 2 rings (SSSR count). The first-order valence-corrected chi connectivity index (χ1v) is 6.97. The highest BCUT2D eigenvalue weighted by Crippen LogP contribution is 2.32. The van der Waals surface area contributed by atoms with Gasteiger partial charge in [0, 0.05) is 12.6 Å². The van der Waals surface area contributed by atoms with Gasteiger partial charge in [-0.15, -0.1) is 0 Å². The summed E-state index contributed by atoms with van der Waals surface area (Å²) in [6.07, 6.45) is 2.94. The third-order valence-corrected chi connectivity index (χ3v) is 3.58. The summed E-state index contributed by atoms with van der Waals surface area (Å²) in [6.45, 7) is 1.34. The monoisotopic (exact) mass is 294 g/mol. The lowest BCUT2D eigenvalue weighted by Gasteiger charge is -2.21. The highest BCUT2D eigenvalue weighted by molar-refractivity contribution is 5.93. The molecule has 1 saturated carbocycles. The minimum Gasteiger partial charge on any atom is -0.389 e. The number of hydrogen-bond acceptors (Lipinski definition) is 3. The van der Waals surface area contributed by atoms with E-state index in [0.29, 0.717) is 18.5 Å². The van der Waals surface area contributed by atoms with Crippen LogP contribution in [0.5, 0.6) is 0 Å². The fourth-order valence-corrected chi connectivity index (χ4v) is 2.61. The lowest BCUT2D eigenvalue weighted by Crippen LogP contribution is -2.30. The molecule has 6 heteroatoms. The fourth-order valence-electron chi connectivity index (χ4n) is 2.61. The molecule has 1 aromatic rings. The molecule has 114 valence electrons. The fraction of sp³-hybridized carbons (Fsp3) is 0.467. The summed E-state index contributed by atoms with van der Waals surface area (Å²) in [5.41, 5.74) is -0.581. The third-order valence-electron chi connectivity index (χ3n) is 3.58. The minimum atomic E-state index is -0.976. The molecule has 2 amide bonds. The number of aliphatic hydroxyl groups is 1. The summed E-state index contributed by atoms with van der Waals surface area (Å²) < 4.78 is 13.7. The molecule has 0 bridgehead atoms. The number of amides is 2. The molecule has 1 fully saturated rings. The van der Waals surface area contributed by atoms with Gasteiger partial charge in [0.05, 0.1) is 17.7 Å². The summed E-state index contributed by atoms with van der Waals surface area (Å²) in [6, 6.07) is 3.94. The van der Waals surface area contributed by atoms with Crippen LogP contribution in [0.2, 0.25) is 0 Å². The first-order valence-electron chi connectivity index (χ1n) is 6.97. The van der Waals surface area contributed by atoms with Crippen LogP contribution >= 0.6 is 0 Å². The van der Waals surface area contributed by atoms with E-state index in [1.165, 1.54) is 25.1 Å². The van der Waals surface area contributed by atoms with Crippen molar-refractivity contribution in [2.24, 2.45) is 0 Å². The Morgan fingerprint density at radius 1 is 1.29 bits per heavy atom. The molecule has 1 aliphatic rings. The number of nitrogens with one attached hydrogen (secondary N) is 2. The zero-order valence-electron chi connectivity index (χ0n) is 11.9. The van der Waals surface area contributed by atoms with Crippen molar-refractivity contribution in [3.05, 3.63) is 24.0 Å². The number of benzene rings is 1. The maximum atomic E-state index is 13.7. The summed E-state index contributed by atoms with van der Waals surface area (Å²) in [7, 11) is 0. The molecule has 0 spiro atoms. The van der Waals surface area contributed by atoms with Crippen molar-refractivity contribution in [1.82, 2.24) is 0 Å². The van der Waals surface area contributed by atoms with Crippen LogP contribution in [0.1, 0.15) is 39.0 Å². The van der Waals surface area contributed by atoms with Crippen LogP contribution in [0, 0.1) is 5.82 Å². The van der Waals surface area contributed by atoms with Gasteiger partial charge in [-0.3, -0.25) is 9.59 Å². The van der Waals surface area contributed by atoms with Crippen LogP contribution < -0.4 is 10.6 Å². The minimum absolute atomic E-state index is 0.00662. The Kier molecular flexibility index (Phi) is 4.57. The molecular weight excluding hydrogens is 275 g/mol. The second-order valence-electron chi connectivity index (χ2n) is 5.53. The average molecular weight is 294 g/mol. The van der Waals surface area contributed by atoms with Crippen LogP contribution in [0.3, 0.4) is 0 Å². The summed E-state index contributed by atoms with van der Waals surface area (Å²) in [4.78, 5) is 22.9. The second-order valence-corrected chi connectivity index (χ2v) is 5.53. The second kappa shape index (κ2) is 6.22. The van der Waals surface area contributed by atoms with Crippen molar-refractivity contribution in [3.63, 3.8) is 0 Å². The van der Waals surface area contributed by atoms with Gasteiger partial charge < -0.3 is 15.7 Å². The van der Waals surface area contributed by atoms with Crippen molar-refractivity contribution < 1.29 is 19.1 Å². The van der Waals surface area contributed by atoms with E-state index >= 15 is 0 Å². The first kappa shape index (κ1) is 15.4. The van der Waals surface area contributed by atoms with Crippen LogP contribution in [0.15, 0.2) is 18.2 Å². The molecule has 0 saturated heterocycles. The number of halogens is 1. The van der Waals surface area contributed by atoms with E-state index in [1.807, 2.05) is 0 Å². The van der Waals surface area contributed by atoms with Crippen LogP contribution in [-0.4, -0.2) is 22.5 Å². The lowest BCUT2D eigenvalue weighted by molar-refractivity contribution is -0.121. The molecule has 0 radical (unpaired) electrons. The van der Waals surface area contributed by atoms with Crippen molar-refractivity contribution >= 4 is 23.2 Å². The number of anilines is 2. The van der Waals surface area contributed by atoms with Gasteiger partial charge in [0.25, 0.3) is 0 Å². The van der Waals surface area contributed by atoms with E-state index in [2.05, 4.69) is 10.6 Å². The first-order chi connectivity index (χ1) is 9.88. The van der Waals surface area contributed by atoms with E-state index in [9.17, 15) is 19.1 Å². The van der Waals surface area contributed by atoms with Gasteiger partial charge >= 0.3 is 0 Å².